The maximum Gasteiger partial charge on any atom is 0.0576 e. The van der Waals surface area contributed by atoms with Gasteiger partial charge in [0.25, 0.3) is 0 Å². The van der Waals surface area contributed by atoms with Crippen LogP contribution >= 0.6 is 72.1 Å². The van der Waals surface area contributed by atoms with Gasteiger partial charge in [-0.1, -0.05) is 21.6 Å². The molecule has 6 heteroatoms. The van der Waals surface area contributed by atoms with E-state index in [1.165, 1.54) is 0 Å². The summed E-state index contributed by atoms with van der Waals surface area (Å²) >= 11 is 17.3. The molecular weight excluding hydrogens is 288 g/mol. The molecule has 0 N–H and O–H groups in total. The number of hydrogen-bond acceptors (Lipinski definition) is 6. The van der Waals surface area contributed by atoms with Gasteiger partial charge in [0.2, 0.25) is 0 Å². The van der Waals surface area contributed by atoms with Gasteiger partial charge in [0.15, 0.2) is 0 Å². The van der Waals surface area contributed by atoms with E-state index in [1.807, 2.05) is 21.6 Å². The quantitative estimate of drug-likeness (QED) is 0.285. The zero-order chi connectivity index (χ0) is 10.8. The molecule has 0 radical (unpaired) electrons. The summed E-state index contributed by atoms with van der Waals surface area (Å²) in [6, 6.07) is 0. The van der Waals surface area contributed by atoms with E-state index in [0.717, 1.165) is 37.2 Å². The third-order valence-corrected chi connectivity index (χ3v) is 6.89. The van der Waals surface area contributed by atoms with Crippen LogP contribution in [0, 0.1) is 0 Å². The molecule has 0 nitrogen and oxygen atoms in total. The van der Waals surface area contributed by atoms with Crippen molar-refractivity contribution in [2.75, 3.05) is 11.5 Å². The molecule has 0 rings (SSSR count). The zero-order valence-electron chi connectivity index (χ0n) is 8.00. The van der Waals surface area contributed by atoms with Gasteiger partial charge in [-0.2, -0.15) is 50.5 Å². The predicted octanol–water partition coefficient (Wildman–Crippen LogP) is 4.30. The summed E-state index contributed by atoms with van der Waals surface area (Å²) in [6.07, 6.45) is 4.52. The molecule has 0 spiro atoms. The molecule has 2 atom stereocenters. The van der Waals surface area contributed by atoms with E-state index in [4.69, 9.17) is 0 Å². The van der Waals surface area contributed by atoms with Crippen molar-refractivity contribution in [1.82, 2.24) is 0 Å². The first-order valence-electron chi connectivity index (χ1n) is 4.60. The Hall–Kier alpha value is 2.10. The van der Waals surface area contributed by atoms with Crippen LogP contribution in [0.5, 0.6) is 0 Å². The predicted molar refractivity (Wildman–Crippen MR) is 86.9 cm³/mol. The van der Waals surface area contributed by atoms with E-state index in [9.17, 15) is 0 Å². The number of hydrogen-bond donors (Lipinski definition) is 4. The molecule has 2 unspecified atom stereocenters. The number of rotatable bonds is 9. The van der Waals surface area contributed by atoms with Crippen LogP contribution in [0.1, 0.15) is 25.7 Å². The third kappa shape index (κ3) is 10.6. The fraction of sp³-hybridized carbons (Fsp3) is 1.00. The molecule has 0 aliphatic heterocycles. The molecule has 0 aliphatic carbocycles. The highest BCUT2D eigenvalue weighted by Crippen LogP contribution is 2.38. The SMILES string of the molecule is SCCCC(S)SSC(S)CCCS. The average Bonchev–Trinajstić information content (AvgIpc) is 2.20. The van der Waals surface area contributed by atoms with E-state index in [-0.39, 0.29) is 0 Å². The lowest BCUT2D eigenvalue weighted by atomic mass is 10.4. The lowest BCUT2D eigenvalue weighted by molar-refractivity contribution is 0.884. The highest BCUT2D eigenvalue weighted by atomic mass is 33.1. The van der Waals surface area contributed by atoms with Gasteiger partial charge in [-0.05, 0) is 37.2 Å². The Morgan fingerprint density at radius 2 is 1.14 bits per heavy atom. The van der Waals surface area contributed by atoms with Crippen LogP contribution in [0.4, 0.5) is 0 Å². The maximum atomic E-state index is 4.49. The van der Waals surface area contributed by atoms with Crippen LogP contribution in [-0.2, 0) is 0 Å². The average molecular weight is 307 g/mol. The van der Waals surface area contributed by atoms with E-state index in [0.29, 0.717) is 9.16 Å². The van der Waals surface area contributed by atoms with Gasteiger partial charge in [0, 0.05) is 0 Å². The molecule has 0 amide bonds. The Morgan fingerprint density at radius 3 is 1.43 bits per heavy atom. The second kappa shape index (κ2) is 11.6. The molecule has 0 aromatic heterocycles. The summed E-state index contributed by atoms with van der Waals surface area (Å²) < 4.78 is 0.829. The highest BCUT2D eigenvalue weighted by Gasteiger charge is 2.08. The molecule has 0 fully saturated rings. The molecule has 86 valence electrons. The summed E-state index contributed by atoms with van der Waals surface area (Å²) in [6.45, 7) is 0. The fourth-order valence-electron chi connectivity index (χ4n) is 0.756. The first kappa shape index (κ1) is 16.1. The van der Waals surface area contributed by atoms with Crippen LogP contribution in [0.3, 0.4) is 0 Å². The fourth-order valence-corrected chi connectivity index (χ4v) is 4.51. The second-order valence-electron chi connectivity index (χ2n) is 2.83. The molecule has 0 saturated heterocycles. The Morgan fingerprint density at radius 1 is 0.786 bits per heavy atom. The molecule has 0 heterocycles. The minimum absolute atomic E-state index is 0.415. The topological polar surface area (TPSA) is 0 Å². The minimum Gasteiger partial charge on any atom is -0.179 e. The van der Waals surface area contributed by atoms with Crippen molar-refractivity contribution in [3.8, 4) is 0 Å². The molecule has 0 aromatic carbocycles. The van der Waals surface area contributed by atoms with Crippen molar-refractivity contribution in [3.63, 3.8) is 0 Å². The van der Waals surface area contributed by atoms with Crippen molar-refractivity contribution < 1.29 is 0 Å². The van der Waals surface area contributed by atoms with Crippen molar-refractivity contribution in [1.29, 1.82) is 0 Å². The van der Waals surface area contributed by atoms with Gasteiger partial charge in [0.05, 0.1) is 9.16 Å². The van der Waals surface area contributed by atoms with Gasteiger partial charge in [-0.3, -0.25) is 0 Å². The first-order chi connectivity index (χ1) is 6.70. The summed E-state index contributed by atoms with van der Waals surface area (Å²) in [5, 5.41) is 0. The summed E-state index contributed by atoms with van der Waals surface area (Å²) in [5.41, 5.74) is 0. The molecule has 0 aromatic rings. The van der Waals surface area contributed by atoms with E-state index >= 15 is 0 Å². The van der Waals surface area contributed by atoms with E-state index in [2.05, 4.69) is 50.5 Å². The summed E-state index contributed by atoms with van der Waals surface area (Å²) in [7, 11) is 3.64. The molecule has 0 saturated carbocycles. The summed E-state index contributed by atoms with van der Waals surface area (Å²) in [5.74, 6) is 1.90. The van der Waals surface area contributed by atoms with Crippen molar-refractivity contribution >= 4 is 72.1 Å². The molecule has 0 aliphatic rings. The lowest BCUT2D eigenvalue weighted by Crippen LogP contribution is -1.95. The van der Waals surface area contributed by atoms with Crippen molar-refractivity contribution in [3.05, 3.63) is 0 Å². The van der Waals surface area contributed by atoms with E-state index < -0.39 is 0 Å². The van der Waals surface area contributed by atoms with Crippen molar-refractivity contribution in [2.45, 2.75) is 34.8 Å². The zero-order valence-corrected chi connectivity index (χ0v) is 13.2. The Bertz CT molecular complexity index is 106. The second-order valence-corrected chi connectivity index (χ2v) is 8.35. The standard InChI is InChI=1S/C8H18S6/c9-5-1-3-7(11)13-14-8(12)4-2-6-10/h7-12H,1-6H2. The smallest absolute Gasteiger partial charge is 0.0576 e. The van der Waals surface area contributed by atoms with Gasteiger partial charge >= 0.3 is 0 Å². The molecular formula is C8H18S6. The maximum absolute atomic E-state index is 4.49. The monoisotopic (exact) mass is 306 g/mol. The highest BCUT2D eigenvalue weighted by molar-refractivity contribution is 8.79. The van der Waals surface area contributed by atoms with Gasteiger partial charge in [-0.15, -0.1) is 0 Å². The minimum atomic E-state index is 0.415. The Balaban J connectivity index is 3.31. The van der Waals surface area contributed by atoms with Crippen LogP contribution < -0.4 is 0 Å². The third-order valence-electron chi connectivity index (χ3n) is 1.50. The van der Waals surface area contributed by atoms with Crippen molar-refractivity contribution in [2.24, 2.45) is 0 Å². The van der Waals surface area contributed by atoms with Crippen LogP contribution in [0.15, 0.2) is 0 Å². The first-order valence-corrected chi connectivity index (χ1v) is 9.18. The van der Waals surface area contributed by atoms with Crippen LogP contribution in [0.2, 0.25) is 0 Å². The summed E-state index contributed by atoms with van der Waals surface area (Å²) in [4.78, 5) is 0. The normalized spacial score (nSPS) is 15.4. The van der Waals surface area contributed by atoms with Crippen LogP contribution in [-0.4, -0.2) is 20.7 Å². The van der Waals surface area contributed by atoms with Gasteiger partial charge in [-0.25, -0.2) is 0 Å². The Kier molecular flexibility index (Phi) is 13.3. The number of thiol groups is 4. The lowest BCUT2D eigenvalue weighted by Gasteiger charge is -2.12. The van der Waals surface area contributed by atoms with Gasteiger partial charge in [0.1, 0.15) is 0 Å². The largest absolute Gasteiger partial charge is 0.179 e. The van der Waals surface area contributed by atoms with E-state index in [1.54, 1.807) is 0 Å². The van der Waals surface area contributed by atoms with Gasteiger partial charge < -0.3 is 0 Å². The van der Waals surface area contributed by atoms with Crippen LogP contribution in [0.25, 0.3) is 0 Å². The molecule has 14 heavy (non-hydrogen) atoms. The molecule has 0 bridgehead atoms. The Labute approximate surface area is 118 Å².